The van der Waals surface area contributed by atoms with Gasteiger partial charge < -0.3 is 40.8 Å². The van der Waals surface area contributed by atoms with Crippen LogP contribution in [-0.4, -0.2) is 98.4 Å². The van der Waals surface area contributed by atoms with Crippen molar-refractivity contribution in [3.63, 3.8) is 0 Å². The molecular formula is C19H42O9Si2. The molecule has 180 valence electrons. The van der Waals surface area contributed by atoms with Gasteiger partial charge in [-0.2, -0.15) is 0 Å². The smallest absolute Gasteiger partial charge is 0.382 e. The summed E-state index contributed by atoms with van der Waals surface area (Å²) in [6.07, 6.45) is 0. The second-order valence-electron chi connectivity index (χ2n) is 5.44. The normalized spacial score (nSPS) is 11.7. The summed E-state index contributed by atoms with van der Waals surface area (Å²) >= 11 is 0. The van der Waals surface area contributed by atoms with Crippen molar-refractivity contribution in [3.05, 3.63) is 24.6 Å². The van der Waals surface area contributed by atoms with E-state index in [-0.39, 0.29) is 0 Å². The van der Waals surface area contributed by atoms with Gasteiger partial charge in [-0.15, -0.1) is 0 Å². The predicted octanol–water partition coefficient (Wildman–Crippen LogP) is 2.40. The van der Waals surface area contributed by atoms with E-state index in [9.17, 15) is 0 Å². The van der Waals surface area contributed by atoms with Gasteiger partial charge >= 0.3 is 17.6 Å². The molecule has 9 nitrogen and oxygen atoms in total. The highest BCUT2D eigenvalue weighted by Gasteiger charge is 2.38. The van der Waals surface area contributed by atoms with Crippen LogP contribution in [0, 0.1) is 0 Å². The fraction of sp³-hybridized carbons (Fsp3) is 0.789. The van der Waals surface area contributed by atoms with Gasteiger partial charge in [-0.05, 0) is 32.2 Å². The summed E-state index contributed by atoms with van der Waals surface area (Å²) in [5, 5.41) is 0. The zero-order valence-corrected chi connectivity index (χ0v) is 21.6. The zero-order valence-electron chi connectivity index (χ0n) is 19.6. The average molecular weight is 471 g/mol. The summed E-state index contributed by atoms with van der Waals surface area (Å²) in [7, 11) is -0.535. The Morgan fingerprint density at radius 2 is 0.767 bits per heavy atom. The van der Waals surface area contributed by atoms with Crippen molar-refractivity contribution in [1.82, 2.24) is 0 Å². The molecule has 0 aliphatic rings. The highest BCUT2D eigenvalue weighted by atomic mass is 28.4. The summed E-state index contributed by atoms with van der Waals surface area (Å²) in [6.45, 7) is 17.6. The molecule has 0 fully saturated rings. The topological polar surface area (TPSA) is 83.1 Å². The Balaban J connectivity index is 0. The molecular weight excluding hydrogens is 428 g/mol. The Labute approximate surface area is 184 Å². The first-order valence-corrected chi connectivity index (χ1v) is 13.7. The Hall–Kier alpha value is -0.446. The summed E-state index contributed by atoms with van der Waals surface area (Å²) in [6, 6.07) is 0. The van der Waals surface area contributed by atoms with Crippen molar-refractivity contribution < 1.29 is 40.8 Å². The van der Waals surface area contributed by atoms with Crippen molar-refractivity contribution in [3.8, 4) is 0 Å². The number of methoxy groups -OCH3 is 3. The van der Waals surface area contributed by atoms with E-state index < -0.39 is 17.6 Å². The first kappa shape index (κ1) is 31.7. The molecule has 11 heteroatoms. The van der Waals surface area contributed by atoms with E-state index in [1.165, 1.54) is 0 Å². The highest BCUT2D eigenvalue weighted by Crippen LogP contribution is 2.11. The Morgan fingerprint density at radius 1 is 0.500 bits per heavy atom. The SMILES string of the molecule is C=C[Si](OCC)(OCC)OCC.C=C[Si](OCCOC)(OCCOC)OCCOC. The van der Waals surface area contributed by atoms with E-state index in [2.05, 4.69) is 13.2 Å². The molecule has 30 heavy (non-hydrogen) atoms. The van der Waals surface area contributed by atoms with Crippen LogP contribution in [-0.2, 0) is 40.8 Å². The van der Waals surface area contributed by atoms with E-state index in [0.717, 1.165) is 0 Å². The van der Waals surface area contributed by atoms with Crippen LogP contribution in [0.2, 0.25) is 0 Å². The minimum atomic E-state index is -2.86. The van der Waals surface area contributed by atoms with Crippen LogP contribution in [0.15, 0.2) is 24.6 Å². The first-order valence-electron chi connectivity index (χ1n) is 10.1. The average Bonchev–Trinajstić information content (AvgIpc) is 2.75. The Morgan fingerprint density at radius 3 is 0.967 bits per heavy atom. The van der Waals surface area contributed by atoms with Crippen molar-refractivity contribution in [2.45, 2.75) is 20.8 Å². The van der Waals surface area contributed by atoms with Gasteiger partial charge in [0.05, 0.1) is 39.6 Å². The fourth-order valence-corrected chi connectivity index (χ4v) is 5.53. The predicted molar refractivity (Wildman–Crippen MR) is 120 cm³/mol. The maximum absolute atomic E-state index is 5.65. The molecule has 0 N–H and O–H groups in total. The van der Waals surface area contributed by atoms with E-state index in [1.54, 1.807) is 32.7 Å². The summed E-state index contributed by atoms with van der Waals surface area (Å²) < 4.78 is 48.1. The lowest BCUT2D eigenvalue weighted by molar-refractivity contribution is 0.0232. The minimum absolute atomic E-state index is 0.398. The number of hydrogen-bond donors (Lipinski definition) is 0. The largest absolute Gasteiger partial charge is 0.529 e. The third kappa shape index (κ3) is 15.4. The van der Waals surface area contributed by atoms with E-state index >= 15 is 0 Å². The third-order valence-corrected chi connectivity index (χ3v) is 8.20. The molecule has 0 bridgehead atoms. The lowest BCUT2D eigenvalue weighted by Crippen LogP contribution is -2.46. The maximum atomic E-state index is 5.65. The minimum Gasteiger partial charge on any atom is -0.382 e. The van der Waals surface area contributed by atoms with Gasteiger partial charge in [0.1, 0.15) is 0 Å². The van der Waals surface area contributed by atoms with Gasteiger partial charge in [-0.1, -0.05) is 13.2 Å². The molecule has 0 aromatic carbocycles. The number of ether oxygens (including phenoxy) is 3. The van der Waals surface area contributed by atoms with Crippen molar-refractivity contribution >= 4 is 17.6 Å². The Bertz CT molecular complexity index is 357. The molecule has 0 rings (SSSR count). The summed E-state index contributed by atoms with van der Waals surface area (Å²) in [5.74, 6) is 0. The molecule has 0 saturated carbocycles. The van der Waals surface area contributed by atoms with Crippen molar-refractivity contribution in [1.29, 1.82) is 0 Å². The molecule has 0 atom stereocenters. The maximum Gasteiger partial charge on any atom is 0.529 e. The molecule has 0 aliphatic carbocycles. The van der Waals surface area contributed by atoms with Gasteiger partial charge in [0.25, 0.3) is 0 Å². The highest BCUT2D eigenvalue weighted by molar-refractivity contribution is 6.66. The second kappa shape index (κ2) is 21.8. The molecule has 0 amide bonds. The summed E-state index contributed by atoms with van der Waals surface area (Å²) in [5.41, 5.74) is 3.28. The van der Waals surface area contributed by atoms with Gasteiger partial charge in [0.15, 0.2) is 0 Å². The van der Waals surface area contributed by atoms with Gasteiger partial charge in [-0.3, -0.25) is 0 Å². The van der Waals surface area contributed by atoms with Crippen LogP contribution >= 0.6 is 0 Å². The van der Waals surface area contributed by atoms with E-state index in [1.807, 2.05) is 20.8 Å². The van der Waals surface area contributed by atoms with Crippen LogP contribution in [0.4, 0.5) is 0 Å². The fourth-order valence-electron chi connectivity index (χ4n) is 2.01. The van der Waals surface area contributed by atoms with Crippen molar-refractivity contribution in [2.75, 3.05) is 80.8 Å². The van der Waals surface area contributed by atoms with Crippen LogP contribution in [0.25, 0.3) is 0 Å². The lowest BCUT2D eigenvalue weighted by Gasteiger charge is -2.26. The quantitative estimate of drug-likeness (QED) is 0.197. The zero-order chi connectivity index (χ0) is 23.1. The molecule has 0 radical (unpaired) electrons. The van der Waals surface area contributed by atoms with Gasteiger partial charge in [0.2, 0.25) is 0 Å². The third-order valence-electron chi connectivity index (χ3n) is 3.31. The standard InChI is InChI=1S/C11H24O6Si.C8H18O3Si/c1-5-18(15-9-6-12-2,16-10-7-13-3)17-11-8-14-4;1-5-9-12(8-4,10-6-2)11-7-3/h5H,1,6-11H2,2-4H3;8H,4-7H2,1-3H3. The molecule has 0 aliphatic heterocycles. The molecule has 0 aromatic heterocycles. The number of rotatable bonds is 20. The molecule has 0 unspecified atom stereocenters. The molecule has 0 aromatic rings. The van der Waals surface area contributed by atoms with Gasteiger partial charge in [-0.25, -0.2) is 0 Å². The van der Waals surface area contributed by atoms with E-state index in [4.69, 9.17) is 40.8 Å². The van der Waals surface area contributed by atoms with Crippen LogP contribution in [0.1, 0.15) is 20.8 Å². The molecule has 0 saturated heterocycles. The summed E-state index contributed by atoms with van der Waals surface area (Å²) in [4.78, 5) is 0. The van der Waals surface area contributed by atoms with Crippen molar-refractivity contribution in [2.24, 2.45) is 0 Å². The van der Waals surface area contributed by atoms with Gasteiger partial charge in [0, 0.05) is 41.2 Å². The van der Waals surface area contributed by atoms with Crippen LogP contribution in [0.5, 0.6) is 0 Å². The second-order valence-corrected chi connectivity index (χ2v) is 10.4. The number of hydrogen-bond acceptors (Lipinski definition) is 9. The molecule has 0 heterocycles. The first-order chi connectivity index (χ1) is 14.5. The van der Waals surface area contributed by atoms with Crippen LogP contribution in [0.3, 0.4) is 0 Å². The van der Waals surface area contributed by atoms with Crippen LogP contribution < -0.4 is 0 Å². The molecule has 0 spiro atoms. The van der Waals surface area contributed by atoms with E-state index in [0.29, 0.717) is 59.5 Å². The Kier molecular flexibility index (Phi) is 23.0. The monoisotopic (exact) mass is 470 g/mol. The lowest BCUT2D eigenvalue weighted by atomic mass is 10.8.